The lowest BCUT2D eigenvalue weighted by atomic mass is 9.83. The van der Waals surface area contributed by atoms with Crippen LogP contribution in [0, 0.1) is 0 Å². The summed E-state index contributed by atoms with van der Waals surface area (Å²) < 4.78 is 5.21. The minimum Gasteiger partial charge on any atom is -0.497 e. The molecule has 5 rings (SSSR count). The number of rotatable bonds is 5. The van der Waals surface area contributed by atoms with Crippen LogP contribution in [0.4, 0.5) is 5.69 Å². The molecule has 8 heteroatoms. The number of benzene rings is 3. The van der Waals surface area contributed by atoms with Gasteiger partial charge in [0.15, 0.2) is 16.7 Å². The third-order valence-corrected chi connectivity index (χ3v) is 6.11. The number of carbonyl (C=O) groups is 3. The van der Waals surface area contributed by atoms with E-state index in [1.165, 1.54) is 11.8 Å². The average Bonchev–Trinajstić information content (AvgIpc) is 3.23. The first kappa shape index (κ1) is 20.0. The predicted octanol–water partition coefficient (Wildman–Crippen LogP) is 4.08. The molecule has 0 saturated heterocycles. The highest BCUT2D eigenvalue weighted by Gasteiger charge is 2.31. The molecule has 0 spiro atoms. The number of fused-ring (bicyclic) bond motifs is 3. The number of thioether (sulfide) groups is 1. The molecule has 1 aliphatic carbocycles. The number of nitrogens with zero attached hydrogens (tertiary/aromatic N) is 1. The average molecular weight is 443 g/mol. The van der Waals surface area contributed by atoms with E-state index in [2.05, 4.69) is 15.3 Å². The van der Waals surface area contributed by atoms with Crippen molar-refractivity contribution in [3.8, 4) is 5.75 Å². The van der Waals surface area contributed by atoms with Crippen molar-refractivity contribution in [2.45, 2.75) is 5.16 Å². The Morgan fingerprint density at radius 1 is 1.00 bits per heavy atom. The summed E-state index contributed by atoms with van der Waals surface area (Å²) in [6.45, 7) is 0. The van der Waals surface area contributed by atoms with Gasteiger partial charge in [0, 0.05) is 22.8 Å². The van der Waals surface area contributed by atoms with Crippen LogP contribution in [0.2, 0.25) is 0 Å². The van der Waals surface area contributed by atoms with Crippen LogP contribution in [0.15, 0.2) is 65.8 Å². The summed E-state index contributed by atoms with van der Waals surface area (Å²) in [7, 11) is 1.59. The third-order valence-electron chi connectivity index (χ3n) is 5.23. The van der Waals surface area contributed by atoms with Gasteiger partial charge in [0.2, 0.25) is 5.91 Å². The molecule has 0 fully saturated rings. The SMILES string of the molecule is COc1ccc2nc(SCC(=O)Nc3cccc4c3C(=O)c3ccccc3C4=O)[nH]c2c1. The summed E-state index contributed by atoms with van der Waals surface area (Å²) >= 11 is 1.24. The normalized spacial score (nSPS) is 12.4. The lowest BCUT2D eigenvalue weighted by Gasteiger charge is -2.20. The zero-order valence-electron chi connectivity index (χ0n) is 17.0. The Kier molecular flexibility index (Phi) is 4.99. The topological polar surface area (TPSA) is 101 Å². The largest absolute Gasteiger partial charge is 0.497 e. The fraction of sp³-hybridized carbons (Fsp3) is 0.0833. The molecule has 0 bridgehead atoms. The third kappa shape index (κ3) is 3.44. The zero-order valence-corrected chi connectivity index (χ0v) is 17.8. The van der Waals surface area contributed by atoms with Gasteiger partial charge < -0.3 is 15.0 Å². The fourth-order valence-electron chi connectivity index (χ4n) is 3.73. The number of carbonyl (C=O) groups excluding carboxylic acids is 3. The molecule has 158 valence electrons. The predicted molar refractivity (Wildman–Crippen MR) is 122 cm³/mol. The van der Waals surface area contributed by atoms with E-state index in [-0.39, 0.29) is 28.8 Å². The van der Waals surface area contributed by atoms with Crippen molar-refractivity contribution in [3.05, 3.63) is 82.9 Å². The summed E-state index contributed by atoms with van der Waals surface area (Å²) in [5.41, 5.74) is 3.16. The Labute approximate surface area is 187 Å². The summed E-state index contributed by atoms with van der Waals surface area (Å²) in [6, 6.07) is 17.1. The van der Waals surface area contributed by atoms with Crippen molar-refractivity contribution in [2.24, 2.45) is 0 Å². The van der Waals surface area contributed by atoms with Crippen LogP contribution in [0.1, 0.15) is 31.8 Å². The molecule has 1 heterocycles. The highest BCUT2D eigenvalue weighted by atomic mass is 32.2. The van der Waals surface area contributed by atoms with Crippen molar-refractivity contribution in [1.82, 2.24) is 9.97 Å². The van der Waals surface area contributed by atoms with Gasteiger partial charge in [-0.3, -0.25) is 14.4 Å². The highest BCUT2D eigenvalue weighted by molar-refractivity contribution is 7.99. The van der Waals surface area contributed by atoms with E-state index in [1.54, 1.807) is 49.6 Å². The lowest BCUT2D eigenvalue weighted by molar-refractivity contribution is -0.113. The summed E-state index contributed by atoms with van der Waals surface area (Å²) in [6.07, 6.45) is 0. The van der Waals surface area contributed by atoms with Crippen LogP contribution in [-0.4, -0.2) is 40.3 Å². The lowest BCUT2D eigenvalue weighted by Crippen LogP contribution is -2.24. The first-order valence-corrected chi connectivity index (χ1v) is 10.8. The molecule has 3 aromatic carbocycles. The molecule has 32 heavy (non-hydrogen) atoms. The van der Waals surface area contributed by atoms with E-state index in [1.807, 2.05) is 18.2 Å². The molecule has 1 aliphatic rings. The molecule has 7 nitrogen and oxygen atoms in total. The van der Waals surface area contributed by atoms with E-state index < -0.39 is 0 Å². The van der Waals surface area contributed by atoms with Crippen LogP contribution < -0.4 is 10.1 Å². The Hall–Kier alpha value is -3.91. The van der Waals surface area contributed by atoms with Gasteiger partial charge in [-0.25, -0.2) is 4.98 Å². The number of imidazole rings is 1. The first-order valence-electron chi connectivity index (χ1n) is 9.83. The number of aromatic nitrogens is 2. The summed E-state index contributed by atoms with van der Waals surface area (Å²) in [5.74, 6) is -0.00621. The molecule has 4 aromatic rings. The van der Waals surface area contributed by atoms with E-state index in [0.29, 0.717) is 33.3 Å². The number of anilines is 1. The van der Waals surface area contributed by atoms with Crippen molar-refractivity contribution in [2.75, 3.05) is 18.2 Å². The monoisotopic (exact) mass is 443 g/mol. The van der Waals surface area contributed by atoms with Crippen LogP contribution in [-0.2, 0) is 4.79 Å². The number of ketones is 2. The van der Waals surface area contributed by atoms with Gasteiger partial charge in [-0.2, -0.15) is 0 Å². The second kappa shape index (κ2) is 7.97. The molecule has 0 saturated carbocycles. The van der Waals surface area contributed by atoms with Gasteiger partial charge in [0.25, 0.3) is 0 Å². The van der Waals surface area contributed by atoms with Crippen molar-refractivity contribution < 1.29 is 19.1 Å². The highest BCUT2D eigenvalue weighted by Crippen LogP contribution is 2.32. The van der Waals surface area contributed by atoms with Gasteiger partial charge in [0.1, 0.15) is 5.75 Å². The minimum atomic E-state index is -0.305. The molecule has 2 N–H and O–H groups in total. The quantitative estimate of drug-likeness (QED) is 0.397. The maximum atomic E-state index is 13.1. The molecule has 1 aromatic heterocycles. The van der Waals surface area contributed by atoms with E-state index in [0.717, 1.165) is 11.0 Å². The van der Waals surface area contributed by atoms with Crippen molar-refractivity contribution in [3.63, 3.8) is 0 Å². The van der Waals surface area contributed by atoms with Crippen LogP contribution >= 0.6 is 11.8 Å². The summed E-state index contributed by atoms with van der Waals surface area (Å²) in [4.78, 5) is 46.1. The standard InChI is InChI=1S/C24H17N3O4S/c1-31-13-9-10-17-19(11-13)27-24(26-17)32-12-20(28)25-18-8-4-7-16-21(18)23(30)15-6-3-2-5-14(15)22(16)29/h2-11H,12H2,1H3,(H,25,28)(H,26,27). The molecule has 0 atom stereocenters. The Morgan fingerprint density at radius 2 is 1.75 bits per heavy atom. The van der Waals surface area contributed by atoms with Crippen molar-refractivity contribution >= 4 is 46.0 Å². The fourth-order valence-corrected chi connectivity index (χ4v) is 4.42. The summed E-state index contributed by atoms with van der Waals surface area (Å²) in [5, 5.41) is 3.38. The van der Waals surface area contributed by atoms with Crippen LogP contribution in [0.5, 0.6) is 5.75 Å². The Bertz CT molecular complexity index is 1410. The van der Waals surface area contributed by atoms with Gasteiger partial charge in [-0.1, -0.05) is 48.2 Å². The molecule has 1 amide bonds. The minimum absolute atomic E-state index is 0.0827. The number of hydrogen-bond acceptors (Lipinski definition) is 6. The number of hydrogen-bond donors (Lipinski definition) is 2. The number of methoxy groups -OCH3 is 1. The van der Waals surface area contributed by atoms with Crippen LogP contribution in [0.3, 0.4) is 0 Å². The number of aromatic amines is 1. The molecular weight excluding hydrogens is 426 g/mol. The van der Waals surface area contributed by atoms with Gasteiger partial charge in [-0.15, -0.1) is 0 Å². The maximum Gasteiger partial charge on any atom is 0.234 e. The zero-order chi connectivity index (χ0) is 22.2. The molecular formula is C24H17N3O4S. The van der Waals surface area contributed by atoms with Gasteiger partial charge in [-0.05, 0) is 18.2 Å². The van der Waals surface area contributed by atoms with Gasteiger partial charge >= 0.3 is 0 Å². The first-order chi connectivity index (χ1) is 15.5. The number of nitrogens with one attached hydrogen (secondary N) is 2. The van der Waals surface area contributed by atoms with Crippen LogP contribution in [0.25, 0.3) is 11.0 Å². The molecule has 0 radical (unpaired) electrons. The van der Waals surface area contributed by atoms with E-state index in [9.17, 15) is 14.4 Å². The van der Waals surface area contributed by atoms with Crippen molar-refractivity contribution in [1.29, 1.82) is 0 Å². The second-order valence-corrected chi connectivity index (χ2v) is 8.16. The molecule has 0 aliphatic heterocycles. The number of ether oxygens (including phenoxy) is 1. The van der Waals surface area contributed by atoms with E-state index >= 15 is 0 Å². The smallest absolute Gasteiger partial charge is 0.234 e. The number of amides is 1. The molecule has 0 unspecified atom stereocenters. The number of H-pyrrole nitrogens is 1. The maximum absolute atomic E-state index is 13.1. The Balaban J connectivity index is 1.34. The van der Waals surface area contributed by atoms with E-state index in [4.69, 9.17) is 4.74 Å². The van der Waals surface area contributed by atoms with Gasteiger partial charge in [0.05, 0.1) is 35.1 Å². The second-order valence-electron chi connectivity index (χ2n) is 7.19. The Morgan fingerprint density at radius 3 is 2.53 bits per heavy atom.